The van der Waals surface area contributed by atoms with Gasteiger partial charge in [-0.15, -0.1) is 0 Å². The monoisotopic (exact) mass is 250 g/mol. The lowest BCUT2D eigenvalue weighted by Gasteiger charge is -2.02. The van der Waals surface area contributed by atoms with Crippen LogP contribution in [0, 0.1) is 0 Å². The molecule has 0 atom stereocenters. The van der Waals surface area contributed by atoms with Gasteiger partial charge in [0.2, 0.25) is 5.71 Å². The fourth-order valence-electron chi connectivity index (χ4n) is 1.04. The first kappa shape index (κ1) is 13.2. The summed E-state index contributed by atoms with van der Waals surface area (Å²) in [6.45, 7) is 0. The number of benzene rings is 1. The van der Waals surface area contributed by atoms with E-state index in [0.29, 0.717) is 5.69 Å². The molecule has 0 bridgehead atoms. The summed E-state index contributed by atoms with van der Waals surface area (Å²) in [6, 6.07) is 5.47. The Balaban J connectivity index is 2.85. The van der Waals surface area contributed by atoms with Gasteiger partial charge in [0, 0.05) is 0 Å². The molecule has 0 aliphatic heterocycles. The Bertz CT molecular complexity index is 505. The SMILES string of the molecule is NC(=O)C(=NNc1ccc(C(=O)O)cc1)C(N)=O. The Morgan fingerprint density at radius 2 is 1.56 bits per heavy atom. The molecule has 0 aliphatic carbocycles. The van der Waals surface area contributed by atoms with E-state index in [1.54, 1.807) is 0 Å². The van der Waals surface area contributed by atoms with Crippen molar-refractivity contribution in [3.63, 3.8) is 0 Å². The number of primary amides is 2. The predicted octanol–water partition coefficient (Wildman–Crippen LogP) is -0.877. The number of carboxylic acids is 1. The summed E-state index contributed by atoms with van der Waals surface area (Å²) in [4.78, 5) is 32.1. The predicted molar refractivity (Wildman–Crippen MR) is 62.8 cm³/mol. The standard InChI is InChI=1S/C10H10N4O4/c11-8(15)7(9(12)16)14-13-6-3-1-5(2-4-6)10(17)18/h1-4,13H,(H2,11,15)(H2,12,16)(H,17,18). The van der Waals surface area contributed by atoms with Gasteiger partial charge in [-0.1, -0.05) is 0 Å². The number of rotatable bonds is 5. The lowest BCUT2D eigenvalue weighted by molar-refractivity contribution is -0.115. The zero-order chi connectivity index (χ0) is 13.7. The van der Waals surface area contributed by atoms with Crippen LogP contribution in [-0.2, 0) is 9.59 Å². The molecule has 0 unspecified atom stereocenters. The molecule has 2 amide bonds. The van der Waals surface area contributed by atoms with E-state index in [2.05, 4.69) is 10.5 Å². The van der Waals surface area contributed by atoms with Crippen LogP contribution in [0.5, 0.6) is 0 Å². The molecule has 0 heterocycles. The summed E-state index contributed by atoms with van der Waals surface area (Å²) in [5.41, 5.74) is 12.0. The summed E-state index contributed by atoms with van der Waals surface area (Å²) in [5.74, 6) is -3.19. The highest BCUT2D eigenvalue weighted by molar-refractivity contribution is 6.64. The lowest BCUT2D eigenvalue weighted by atomic mass is 10.2. The second-order valence-corrected chi connectivity index (χ2v) is 3.18. The van der Waals surface area contributed by atoms with Crippen LogP contribution in [0.25, 0.3) is 0 Å². The number of hydrazone groups is 1. The quantitative estimate of drug-likeness (QED) is 0.304. The molecule has 1 aromatic rings. The highest BCUT2D eigenvalue weighted by atomic mass is 16.4. The molecule has 0 saturated carbocycles. The third-order valence-corrected chi connectivity index (χ3v) is 1.90. The number of anilines is 1. The maximum Gasteiger partial charge on any atom is 0.335 e. The van der Waals surface area contributed by atoms with Crippen molar-refractivity contribution in [1.29, 1.82) is 0 Å². The normalized spacial score (nSPS) is 9.33. The number of amides is 2. The summed E-state index contributed by atoms with van der Waals surface area (Å²) in [7, 11) is 0. The van der Waals surface area contributed by atoms with Crippen LogP contribution in [0.3, 0.4) is 0 Å². The minimum absolute atomic E-state index is 0.0922. The van der Waals surface area contributed by atoms with Gasteiger partial charge < -0.3 is 16.6 Å². The average molecular weight is 250 g/mol. The van der Waals surface area contributed by atoms with Gasteiger partial charge in [-0.3, -0.25) is 15.0 Å². The van der Waals surface area contributed by atoms with E-state index in [1.807, 2.05) is 0 Å². The van der Waals surface area contributed by atoms with Gasteiger partial charge in [-0.05, 0) is 24.3 Å². The van der Waals surface area contributed by atoms with E-state index in [9.17, 15) is 14.4 Å². The van der Waals surface area contributed by atoms with Crippen LogP contribution < -0.4 is 16.9 Å². The van der Waals surface area contributed by atoms with Crippen molar-refractivity contribution in [2.45, 2.75) is 0 Å². The van der Waals surface area contributed by atoms with Crippen molar-refractivity contribution in [2.24, 2.45) is 16.6 Å². The number of nitrogens with zero attached hydrogens (tertiary/aromatic N) is 1. The fraction of sp³-hybridized carbons (Fsp3) is 0. The molecule has 8 nitrogen and oxygen atoms in total. The number of carboxylic acid groups (broad SMARTS) is 1. The number of nitrogens with one attached hydrogen (secondary N) is 1. The van der Waals surface area contributed by atoms with Crippen LogP contribution in [0.4, 0.5) is 5.69 Å². The first-order valence-electron chi connectivity index (χ1n) is 4.68. The molecular weight excluding hydrogens is 240 g/mol. The molecular formula is C10H10N4O4. The Kier molecular flexibility index (Phi) is 3.98. The van der Waals surface area contributed by atoms with Crippen molar-refractivity contribution in [3.05, 3.63) is 29.8 Å². The van der Waals surface area contributed by atoms with Gasteiger partial charge in [0.1, 0.15) is 0 Å². The molecule has 1 rings (SSSR count). The molecule has 0 aliphatic rings. The van der Waals surface area contributed by atoms with Gasteiger partial charge in [0.15, 0.2) is 0 Å². The van der Waals surface area contributed by atoms with E-state index >= 15 is 0 Å². The van der Waals surface area contributed by atoms with Gasteiger partial charge in [0.05, 0.1) is 11.3 Å². The van der Waals surface area contributed by atoms with E-state index in [-0.39, 0.29) is 5.56 Å². The minimum Gasteiger partial charge on any atom is -0.478 e. The molecule has 6 N–H and O–H groups in total. The maximum atomic E-state index is 10.8. The van der Waals surface area contributed by atoms with E-state index in [0.717, 1.165) is 0 Å². The van der Waals surface area contributed by atoms with Gasteiger partial charge in [0.25, 0.3) is 11.8 Å². The third kappa shape index (κ3) is 3.30. The lowest BCUT2D eigenvalue weighted by Crippen LogP contribution is -2.36. The fourth-order valence-corrected chi connectivity index (χ4v) is 1.04. The third-order valence-electron chi connectivity index (χ3n) is 1.90. The molecule has 0 fully saturated rings. The first-order valence-corrected chi connectivity index (χ1v) is 4.68. The molecule has 18 heavy (non-hydrogen) atoms. The molecule has 8 heteroatoms. The number of nitrogens with two attached hydrogens (primary N) is 2. The van der Waals surface area contributed by atoms with Crippen molar-refractivity contribution in [2.75, 3.05) is 5.43 Å². The summed E-state index contributed by atoms with van der Waals surface area (Å²) in [6.07, 6.45) is 0. The Hall–Kier alpha value is -2.90. The van der Waals surface area contributed by atoms with Crippen LogP contribution >= 0.6 is 0 Å². The summed E-state index contributed by atoms with van der Waals surface area (Å²) in [5, 5.41) is 12.1. The van der Waals surface area contributed by atoms with Crippen LogP contribution in [0.2, 0.25) is 0 Å². The maximum absolute atomic E-state index is 10.8. The minimum atomic E-state index is -1.07. The van der Waals surface area contributed by atoms with E-state index in [4.69, 9.17) is 16.6 Å². The van der Waals surface area contributed by atoms with Gasteiger partial charge in [-0.25, -0.2) is 4.79 Å². The van der Waals surface area contributed by atoms with Crippen LogP contribution in [0.1, 0.15) is 10.4 Å². The van der Waals surface area contributed by atoms with Crippen molar-refractivity contribution in [1.82, 2.24) is 0 Å². The van der Waals surface area contributed by atoms with Crippen molar-refractivity contribution in [3.8, 4) is 0 Å². The number of hydrogen-bond donors (Lipinski definition) is 4. The zero-order valence-electron chi connectivity index (χ0n) is 9.08. The molecule has 0 saturated heterocycles. The van der Waals surface area contributed by atoms with Crippen molar-refractivity contribution >= 4 is 29.2 Å². The Morgan fingerprint density at radius 3 is 1.94 bits per heavy atom. The molecule has 0 aromatic heterocycles. The topological polar surface area (TPSA) is 148 Å². The van der Waals surface area contributed by atoms with Gasteiger partial charge >= 0.3 is 5.97 Å². The second-order valence-electron chi connectivity index (χ2n) is 3.18. The number of carbonyl (C=O) groups is 3. The highest BCUT2D eigenvalue weighted by Gasteiger charge is 2.13. The number of carbonyl (C=O) groups excluding carboxylic acids is 2. The Labute approximate surface area is 101 Å². The van der Waals surface area contributed by atoms with E-state index in [1.165, 1.54) is 24.3 Å². The first-order chi connectivity index (χ1) is 8.41. The van der Waals surface area contributed by atoms with Crippen LogP contribution in [0.15, 0.2) is 29.4 Å². The molecule has 94 valence electrons. The highest BCUT2D eigenvalue weighted by Crippen LogP contribution is 2.09. The zero-order valence-corrected chi connectivity index (χ0v) is 9.08. The van der Waals surface area contributed by atoms with Crippen LogP contribution in [-0.4, -0.2) is 28.6 Å². The largest absolute Gasteiger partial charge is 0.478 e. The second kappa shape index (κ2) is 5.43. The molecule has 0 spiro atoms. The van der Waals surface area contributed by atoms with Crippen molar-refractivity contribution < 1.29 is 19.5 Å². The number of aromatic carboxylic acids is 1. The molecule has 0 radical (unpaired) electrons. The van der Waals surface area contributed by atoms with Gasteiger partial charge in [-0.2, -0.15) is 5.10 Å². The Morgan fingerprint density at radius 1 is 1.06 bits per heavy atom. The smallest absolute Gasteiger partial charge is 0.335 e. The summed E-state index contributed by atoms with van der Waals surface area (Å²) >= 11 is 0. The summed E-state index contributed by atoms with van der Waals surface area (Å²) < 4.78 is 0. The van der Waals surface area contributed by atoms with E-state index < -0.39 is 23.5 Å². The number of hydrogen-bond acceptors (Lipinski definition) is 5. The molecule has 1 aromatic carbocycles. The average Bonchev–Trinajstić information content (AvgIpc) is 2.28.